The molecule has 21 heavy (non-hydrogen) atoms. The zero-order valence-corrected chi connectivity index (χ0v) is 12.6. The van der Waals surface area contributed by atoms with Crippen molar-refractivity contribution >= 4 is 21.6 Å². The predicted molar refractivity (Wildman–Crippen MR) is 87.0 cm³/mol. The van der Waals surface area contributed by atoms with Crippen LogP contribution >= 0.6 is 11.3 Å². The average molecular weight is 296 g/mol. The van der Waals surface area contributed by atoms with E-state index in [0.717, 1.165) is 28.3 Å². The molecule has 2 aromatic carbocycles. The van der Waals surface area contributed by atoms with E-state index in [0.29, 0.717) is 6.54 Å². The summed E-state index contributed by atoms with van der Waals surface area (Å²) in [6.07, 6.45) is 0.987. The molecule has 1 aromatic heterocycles. The van der Waals surface area contributed by atoms with E-state index >= 15 is 0 Å². The molecule has 0 bridgehead atoms. The maximum atomic E-state index is 6.03. The number of ether oxygens (including phenoxy) is 1. The SMILES string of the molecule is Cc1cc2c(c(-c3nc4ccccc4s3)c1)OC(CN)C2. The second-order valence-corrected chi connectivity index (χ2v) is 6.50. The van der Waals surface area contributed by atoms with Crippen molar-refractivity contribution in [3.8, 4) is 16.3 Å². The van der Waals surface area contributed by atoms with Crippen LogP contribution in [0.2, 0.25) is 0 Å². The summed E-state index contributed by atoms with van der Waals surface area (Å²) in [5, 5.41) is 1.02. The van der Waals surface area contributed by atoms with Crippen LogP contribution in [0.1, 0.15) is 11.1 Å². The molecule has 2 N–H and O–H groups in total. The van der Waals surface area contributed by atoms with Crippen molar-refractivity contribution in [2.45, 2.75) is 19.4 Å². The van der Waals surface area contributed by atoms with Gasteiger partial charge in [-0.2, -0.15) is 0 Å². The molecule has 0 saturated carbocycles. The highest BCUT2D eigenvalue weighted by atomic mass is 32.1. The van der Waals surface area contributed by atoms with E-state index in [4.69, 9.17) is 15.5 Å². The third-order valence-corrected chi connectivity index (χ3v) is 4.90. The van der Waals surface area contributed by atoms with Crippen molar-refractivity contribution < 1.29 is 4.74 Å². The fraction of sp³-hybridized carbons (Fsp3) is 0.235. The van der Waals surface area contributed by atoms with Crippen molar-refractivity contribution in [2.24, 2.45) is 5.73 Å². The van der Waals surface area contributed by atoms with Gasteiger partial charge in [0.2, 0.25) is 0 Å². The Labute approximate surface area is 127 Å². The minimum atomic E-state index is 0.0925. The lowest BCUT2D eigenvalue weighted by atomic mass is 10.0. The van der Waals surface area contributed by atoms with Gasteiger partial charge in [0.05, 0.1) is 15.8 Å². The summed E-state index contributed by atoms with van der Waals surface area (Å²) < 4.78 is 7.24. The highest BCUT2D eigenvalue weighted by Crippen LogP contribution is 2.42. The minimum absolute atomic E-state index is 0.0925. The van der Waals surface area contributed by atoms with Crippen LogP contribution in [0.15, 0.2) is 36.4 Å². The van der Waals surface area contributed by atoms with Gasteiger partial charge < -0.3 is 10.5 Å². The Bertz CT molecular complexity index is 792. The van der Waals surface area contributed by atoms with Crippen LogP contribution in [0, 0.1) is 6.92 Å². The first-order valence-corrected chi connectivity index (χ1v) is 7.92. The van der Waals surface area contributed by atoms with Crippen LogP contribution in [0.25, 0.3) is 20.8 Å². The largest absolute Gasteiger partial charge is 0.488 e. The normalized spacial score (nSPS) is 17.0. The van der Waals surface area contributed by atoms with Crippen molar-refractivity contribution in [1.82, 2.24) is 4.98 Å². The first-order valence-electron chi connectivity index (χ1n) is 7.11. The zero-order valence-electron chi connectivity index (χ0n) is 11.8. The standard InChI is InChI=1S/C17H16N2OS/c1-10-6-11-8-12(9-18)20-16(11)13(7-10)17-19-14-4-2-3-5-15(14)21-17/h2-7,12H,8-9,18H2,1H3. The summed E-state index contributed by atoms with van der Waals surface area (Å²) in [4.78, 5) is 4.76. The molecule has 1 aliphatic heterocycles. The molecule has 4 heteroatoms. The Balaban J connectivity index is 1.89. The summed E-state index contributed by atoms with van der Waals surface area (Å²) in [7, 11) is 0. The van der Waals surface area contributed by atoms with Gasteiger partial charge in [0.15, 0.2) is 0 Å². The number of hydrogen-bond donors (Lipinski definition) is 1. The van der Waals surface area contributed by atoms with Crippen LogP contribution in [0.5, 0.6) is 5.75 Å². The van der Waals surface area contributed by atoms with Crippen LogP contribution in [0.3, 0.4) is 0 Å². The Morgan fingerprint density at radius 1 is 1.33 bits per heavy atom. The van der Waals surface area contributed by atoms with E-state index in [9.17, 15) is 0 Å². The number of thiazole rings is 1. The Kier molecular flexibility index (Phi) is 2.94. The number of nitrogens with two attached hydrogens (primary N) is 1. The molecule has 3 nitrogen and oxygen atoms in total. The van der Waals surface area contributed by atoms with Crippen LogP contribution < -0.4 is 10.5 Å². The molecule has 3 aromatic rings. The van der Waals surface area contributed by atoms with Gasteiger partial charge in [0.25, 0.3) is 0 Å². The highest BCUT2D eigenvalue weighted by Gasteiger charge is 2.26. The van der Waals surface area contributed by atoms with E-state index < -0.39 is 0 Å². The smallest absolute Gasteiger partial charge is 0.133 e. The van der Waals surface area contributed by atoms with Crippen LogP contribution in [-0.4, -0.2) is 17.6 Å². The molecule has 0 saturated heterocycles. The molecule has 0 radical (unpaired) electrons. The molecule has 2 heterocycles. The second kappa shape index (κ2) is 4.83. The van der Waals surface area contributed by atoms with Gasteiger partial charge in [-0.15, -0.1) is 11.3 Å². The van der Waals surface area contributed by atoms with E-state index in [1.54, 1.807) is 11.3 Å². The summed E-state index contributed by atoms with van der Waals surface area (Å²) in [6, 6.07) is 12.6. The van der Waals surface area contributed by atoms with Crippen LogP contribution in [-0.2, 0) is 6.42 Å². The molecular formula is C17H16N2OS. The topological polar surface area (TPSA) is 48.1 Å². The molecule has 1 atom stereocenters. The average Bonchev–Trinajstić information content (AvgIpc) is 3.09. The molecule has 106 valence electrons. The molecular weight excluding hydrogens is 280 g/mol. The predicted octanol–water partition coefficient (Wildman–Crippen LogP) is 3.53. The van der Waals surface area contributed by atoms with E-state index in [-0.39, 0.29) is 6.10 Å². The quantitative estimate of drug-likeness (QED) is 0.787. The van der Waals surface area contributed by atoms with Gasteiger partial charge in [-0.25, -0.2) is 4.98 Å². The number of fused-ring (bicyclic) bond motifs is 2. The van der Waals surface area contributed by atoms with Gasteiger partial charge >= 0.3 is 0 Å². The number of hydrogen-bond acceptors (Lipinski definition) is 4. The van der Waals surface area contributed by atoms with E-state index in [1.807, 2.05) is 12.1 Å². The van der Waals surface area contributed by atoms with Crippen molar-refractivity contribution in [3.63, 3.8) is 0 Å². The molecule has 1 unspecified atom stereocenters. The number of nitrogens with zero attached hydrogens (tertiary/aromatic N) is 1. The zero-order chi connectivity index (χ0) is 14.4. The summed E-state index contributed by atoms with van der Waals surface area (Å²) in [6.45, 7) is 2.67. The molecule has 0 amide bonds. The number of aromatic nitrogens is 1. The monoisotopic (exact) mass is 296 g/mol. The van der Waals surface area contributed by atoms with Crippen molar-refractivity contribution in [2.75, 3.05) is 6.54 Å². The van der Waals surface area contributed by atoms with Crippen LogP contribution in [0.4, 0.5) is 0 Å². The van der Waals surface area contributed by atoms with Gasteiger partial charge in [-0.1, -0.05) is 18.2 Å². The van der Waals surface area contributed by atoms with Crippen molar-refractivity contribution in [3.05, 3.63) is 47.5 Å². The van der Waals surface area contributed by atoms with Gasteiger partial charge in [-0.05, 0) is 36.2 Å². The molecule has 4 rings (SSSR count). The number of aryl methyl sites for hydroxylation is 1. The molecule has 1 aliphatic rings. The maximum absolute atomic E-state index is 6.03. The fourth-order valence-electron chi connectivity index (χ4n) is 2.87. The number of benzene rings is 2. The first-order chi connectivity index (χ1) is 10.2. The Morgan fingerprint density at radius 2 is 2.19 bits per heavy atom. The van der Waals surface area contributed by atoms with E-state index in [1.165, 1.54) is 15.8 Å². The van der Waals surface area contributed by atoms with Crippen molar-refractivity contribution in [1.29, 1.82) is 0 Å². The molecule has 0 fully saturated rings. The first kappa shape index (κ1) is 12.8. The Morgan fingerprint density at radius 3 is 3.00 bits per heavy atom. The summed E-state index contributed by atoms with van der Waals surface area (Å²) in [5.41, 5.74) is 10.4. The minimum Gasteiger partial charge on any atom is -0.488 e. The molecule has 0 spiro atoms. The lowest BCUT2D eigenvalue weighted by Gasteiger charge is -2.09. The van der Waals surface area contributed by atoms with Gasteiger partial charge in [-0.3, -0.25) is 0 Å². The third kappa shape index (κ3) is 2.11. The molecule has 0 aliphatic carbocycles. The van der Waals surface area contributed by atoms with Gasteiger partial charge in [0.1, 0.15) is 16.9 Å². The summed E-state index contributed by atoms with van der Waals surface area (Å²) in [5.74, 6) is 0.968. The van der Waals surface area contributed by atoms with Gasteiger partial charge in [0, 0.05) is 13.0 Å². The Hall–Kier alpha value is -1.91. The highest BCUT2D eigenvalue weighted by molar-refractivity contribution is 7.21. The summed E-state index contributed by atoms with van der Waals surface area (Å²) >= 11 is 1.71. The third-order valence-electron chi connectivity index (χ3n) is 3.83. The lowest BCUT2D eigenvalue weighted by molar-refractivity contribution is 0.242. The number of rotatable bonds is 2. The lowest BCUT2D eigenvalue weighted by Crippen LogP contribution is -2.24. The second-order valence-electron chi connectivity index (χ2n) is 5.47. The fourth-order valence-corrected chi connectivity index (χ4v) is 3.85. The maximum Gasteiger partial charge on any atom is 0.133 e. The number of para-hydroxylation sites is 1. The van der Waals surface area contributed by atoms with E-state index in [2.05, 4.69) is 31.2 Å².